The van der Waals surface area contributed by atoms with Gasteiger partial charge in [-0.05, 0) is 37.5 Å². The van der Waals surface area contributed by atoms with E-state index in [1.807, 2.05) is 0 Å². The van der Waals surface area contributed by atoms with Gasteiger partial charge in [0.2, 0.25) is 0 Å². The quantitative estimate of drug-likeness (QED) is 0.303. The minimum Gasteiger partial charge on any atom is -0.263 e. The zero-order valence-electron chi connectivity index (χ0n) is 10.6. The standard InChI is InChI=1S/C12H14Br2N2O4/c13-11(15(17)18)5-1-2-6-9(5)10-7(11)3-4-8(10)12(6,14)16(19)20/h5-10H,1-4H2/t5-,6-,7-,8+,9?,10?,11?,12?/m1/s1. The van der Waals surface area contributed by atoms with Gasteiger partial charge in [0.15, 0.2) is 0 Å². The Hall–Kier alpha value is -0.240. The smallest absolute Gasteiger partial charge is 0.263 e. The molecular formula is C12H14Br2N2O4. The second kappa shape index (κ2) is 3.74. The van der Waals surface area contributed by atoms with Crippen molar-refractivity contribution in [1.82, 2.24) is 0 Å². The SMILES string of the molecule is O=[N+]([O-])C1(Br)[C@@H]2CC[C@@H]3C2C2[C@H]1CC[C@@H]2C3(Br)[N+](=O)[O-]. The molecule has 4 unspecified atom stereocenters. The van der Waals surface area contributed by atoms with E-state index in [1.165, 1.54) is 0 Å². The molecule has 4 rings (SSSR count). The Balaban J connectivity index is 1.86. The van der Waals surface area contributed by atoms with Gasteiger partial charge in [0, 0.05) is 65.4 Å². The van der Waals surface area contributed by atoms with Gasteiger partial charge in [0.1, 0.15) is 0 Å². The summed E-state index contributed by atoms with van der Waals surface area (Å²) in [5.74, 6) is 0.0304. The summed E-state index contributed by atoms with van der Waals surface area (Å²) in [5, 5.41) is 23.3. The zero-order valence-corrected chi connectivity index (χ0v) is 13.7. The van der Waals surface area contributed by atoms with Crippen LogP contribution in [0.15, 0.2) is 0 Å². The molecule has 0 aromatic heterocycles. The van der Waals surface area contributed by atoms with Crippen LogP contribution in [-0.4, -0.2) is 18.7 Å². The Kier molecular flexibility index (Phi) is 2.51. The van der Waals surface area contributed by atoms with Crippen LogP contribution >= 0.6 is 31.9 Å². The molecule has 4 aliphatic carbocycles. The molecule has 0 spiro atoms. The maximum absolute atomic E-state index is 11.6. The van der Waals surface area contributed by atoms with Crippen molar-refractivity contribution in [3.8, 4) is 0 Å². The third-order valence-corrected chi connectivity index (χ3v) is 9.45. The normalized spacial score (nSPS) is 58.9. The van der Waals surface area contributed by atoms with Gasteiger partial charge in [0.25, 0.3) is 8.90 Å². The van der Waals surface area contributed by atoms with Crippen molar-refractivity contribution in [1.29, 1.82) is 0 Å². The Morgan fingerprint density at radius 3 is 1.20 bits per heavy atom. The summed E-state index contributed by atoms with van der Waals surface area (Å²) >= 11 is 6.93. The number of hydrogen-bond donors (Lipinski definition) is 0. The van der Waals surface area contributed by atoms with E-state index in [9.17, 15) is 20.2 Å². The van der Waals surface area contributed by atoms with E-state index in [-0.39, 0.29) is 45.4 Å². The maximum atomic E-state index is 11.6. The molecule has 0 bridgehead atoms. The van der Waals surface area contributed by atoms with E-state index < -0.39 is 8.90 Å². The van der Waals surface area contributed by atoms with Gasteiger partial charge in [-0.1, -0.05) is 0 Å². The lowest BCUT2D eigenvalue weighted by atomic mass is 9.90. The molecule has 0 radical (unpaired) electrons. The third kappa shape index (κ3) is 1.15. The molecule has 8 atom stereocenters. The summed E-state index contributed by atoms with van der Waals surface area (Å²) in [7, 11) is 0. The first-order valence-corrected chi connectivity index (χ1v) is 8.60. The van der Waals surface area contributed by atoms with E-state index in [1.54, 1.807) is 0 Å². The molecule has 0 saturated heterocycles. The molecule has 0 aromatic carbocycles. The molecule has 20 heavy (non-hydrogen) atoms. The molecule has 110 valence electrons. The number of hydrogen-bond acceptors (Lipinski definition) is 4. The fourth-order valence-corrected chi connectivity index (χ4v) is 8.24. The average Bonchev–Trinajstić information content (AvgIpc) is 3.05. The zero-order chi connectivity index (χ0) is 14.4. The van der Waals surface area contributed by atoms with Gasteiger partial charge in [0.05, 0.1) is 0 Å². The molecule has 0 amide bonds. The fraction of sp³-hybridized carbons (Fsp3) is 1.00. The minimum atomic E-state index is -1.04. The lowest BCUT2D eigenvalue weighted by molar-refractivity contribution is -0.557. The summed E-state index contributed by atoms with van der Waals surface area (Å²) in [6, 6.07) is 0. The minimum absolute atomic E-state index is 0.0559. The monoisotopic (exact) mass is 408 g/mol. The Labute approximate surface area is 132 Å². The number of nitrogens with zero attached hydrogens (tertiary/aromatic N) is 2. The van der Waals surface area contributed by atoms with Crippen LogP contribution in [0.5, 0.6) is 0 Å². The highest BCUT2D eigenvalue weighted by molar-refractivity contribution is 9.10. The van der Waals surface area contributed by atoms with Crippen molar-refractivity contribution in [2.24, 2.45) is 35.5 Å². The number of alkyl halides is 2. The van der Waals surface area contributed by atoms with Gasteiger partial charge in [-0.15, -0.1) is 0 Å². The highest BCUT2D eigenvalue weighted by Crippen LogP contribution is 2.76. The maximum Gasteiger partial charge on any atom is 0.280 e. The first-order chi connectivity index (χ1) is 9.34. The van der Waals surface area contributed by atoms with E-state index in [0.29, 0.717) is 0 Å². The molecular weight excluding hydrogens is 396 g/mol. The molecule has 0 aliphatic heterocycles. The average molecular weight is 410 g/mol. The van der Waals surface area contributed by atoms with Gasteiger partial charge in [-0.25, -0.2) is 0 Å². The molecule has 4 aliphatic rings. The topological polar surface area (TPSA) is 86.3 Å². The number of halogens is 2. The molecule has 4 fully saturated rings. The molecule has 0 aromatic rings. The molecule has 0 heterocycles. The van der Waals surface area contributed by atoms with Gasteiger partial charge in [-0.3, -0.25) is 20.2 Å². The fourth-order valence-electron chi connectivity index (χ4n) is 6.10. The van der Waals surface area contributed by atoms with Crippen molar-refractivity contribution in [2.75, 3.05) is 0 Å². The van der Waals surface area contributed by atoms with Crippen LogP contribution in [0.3, 0.4) is 0 Å². The van der Waals surface area contributed by atoms with Crippen LogP contribution < -0.4 is 0 Å². The van der Waals surface area contributed by atoms with Crippen molar-refractivity contribution >= 4 is 31.9 Å². The highest BCUT2D eigenvalue weighted by Gasteiger charge is 2.83. The Morgan fingerprint density at radius 1 is 0.750 bits per heavy atom. The van der Waals surface area contributed by atoms with Crippen LogP contribution in [-0.2, 0) is 0 Å². The first kappa shape index (κ1) is 13.4. The molecule has 4 saturated carbocycles. The second-order valence-corrected chi connectivity index (χ2v) is 9.25. The summed E-state index contributed by atoms with van der Waals surface area (Å²) < 4.78 is -2.09. The Bertz CT molecular complexity index is 458. The largest absolute Gasteiger partial charge is 0.280 e. The third-order valence-electron chi connectivity index (χ3n) is 6.52. The van der Waals surface area contributed by atoms with Crippen LogP contribution in [0.2, 0.25) is 0 Å². The van der Waals surface area contributed by atoms with Gasteiger partial charge in [-0.2, -0.15) is 0 Å². The van der Waals surface area contributed by atoms with Crippen molar-refractivity contribution in [3.63, 3.8) is 0 Å². The van der Waals surface area contributed by atoms with Crippen LogP contribution in [0.1, 0.15) is 25.7 Å². The van der Waals surface area contributed by atoms with Crippen molar-refractivity contribution in [3.05, 3.63) is 20.2 Å². The van der Waals surface area contributed by atoms with E-state index >= 15 is 0 Å². The van der Waals surface area contributed by atoms with Crippen molar-refractivity contribution < 1.29 is 9.85 Å². The predicted octanol–water partition coefficient (Wildman–Crippen LogP) is 3.03. The lowest BCUT2D eigenvalue weighted by Crippen LogP contribution is -2.44. The molecule has 0 N–H and O–H groups in total. The van der Waals surface area contributed by atoms with Gasteiger partial charge >= 0.3 is 0 Å². The van der Waals surface area contributed by atoms with Crippen LogP contribution in [0, 0.1) is 55.7 Å². The highest BCUT2D eigenvalue weighted by atomic mass is 79.9. The summed E-state index contributed by atoms with van der Waals surface area (Å²) in [6.45, 7) is 0. The number of nitro groups is 2. The first-order valence-electron chi connectivity index (χ1n) is 7.01. The summed E-state index contributed by atoms with van der Waals surface area (Å²) in [5.41, 5.74) is 0. The second-order valence-electron chi connectivity index (χ2n) is 6.70. The van der Waals surface area contributed by atoms with E-state index in [0.717, 1.165) is 25.7 Å². The van der Waals surface area contributed by atoms with Crippen LogP contribution in [0.25, 0.3) is 0 Å². The predicted molar refractivity (Wildman–Crippen MR) is 76.7 cm³/mol. The van der Waals surface area contributed by atoms with Gasteiger partial charge < -0.3 is 0 Å². The lowest BCUT2D eigenvalue weighted by Gasteiger charge is -2.26. The summed E-state index contributed by atoms with van der Waals surface area (Å²) in [6.07, 6.45) is 2.90. The molecule has 6 nitrogen and oxygen atoms in total. The molecule has 8 heteroatoms. The Morgan fingerprint density at radius 2 is 1.00 bits per heavy atom. The number of rotatable bonds is 2. The van der Waals surface area contributed by atoms with Crippen LogP contribution in [0.4, 0.5) is 0 Å². The van der Waals surface area contributed by atoms with E-state index in [2.05, 4.69) is 31.9 Å². The van der Waals surface area contributed by atoms with E-state index in [4.69, 9.17) is 0 Å². The summed E-state index contributed by atoms with van der Waals surface area (Å²) in [4.78, 5) is 23.0. The van der Waals surface area contributed by atoms with Crippen molar-refractivity contribution in [2.45, 2.75) is 34.6 Å².